The molecule has 0 amide bonds. The van der Waals surface area contributed by atoms with Gasteiger partial charge in [0.1, 0.15) is 6.61 Å². The highest BCUT2D eigenvalue weighted by molar-refractivity contribution is 6.31. The van der Waals surface area contributed by atoms with Crippen LogP contribution in [-0.4, -0.2) is 23.2 Å². The Morgan fingerprint density at radius 1 is 1.40 bits per heavy atom. The average molecular weight is 367 g/mol. The molecule has 0 spiro atoms. The van der Waals surface area contributed by atoms with E-state index in [0.29, 0.717) is 21.7 Å². The fraction of sp³-hybridized carbons (Fsp3) is 0.353. The molecule has 0 unspecified atom stereocenters. The molecule has 0 atom stereocenters. The highest BCUT2D eigenvalue weighted by Crippen LogP contribution is 2.24. The molecule has 0 radical (unpaired) electrons. The van der Waals surface area contributed by atoms with Crippen LogP contribution in [0.3, 0.4) is 0 Å². The van der Waals surface area contributed by atoms with Crippen LogP contribution in [0.2, 0.25) is 5.02 Å². The molecule has 2 rings (SSSR count). The van der Waals surface area contributed by atoms with Crippen molar-refractivity contribution in [1.82, 2.24) is 4.98 Å². The average Bonchev–Trinajstić information content (AvgIpc) is 2.55. The number of benzene rings is 1. The van der Waals surface area contributed by atoms with Crippen LogP contribution in [0.4, 0.5) is 0 Å². The molecule has 0 saturated carbocycles. The Kier molecular flexibility index (Phi) is 6.03. The van der Waals surface area contributed by atoms with E-state index in [0.717, 1.165) is 0 Å². The van der Waals surface area contributed by atoms with Crippen molar-refractivity contribution in [1.29, 1.82) is 0 Å². The zero-order valence-corrected chi connectivity index (χ0v) is 14.9. The second kappa shape index (κ2) is 8.02. The normalized spacial score (nSPS) is 10.8. The molecule has 8 heteroatoms. The highest BCUT2D eigenvalue weighted by Gasteiger charge is 2.30. The Bertz CT molecular complexity index is 780. The van der Waals surface area contributed by atoms with Crippen LogP contribution in [0.15, 0.2) is 24.3 Å². The Labute approximate surface area is 150 Å². The first-order valence-electron chi connectivity index (χ1n) is 7.65. The number of aromatic carboxylic acids is 1. The van der Waals surface area contributed by atoms with E-state index in [9.17, 15) is 15.1 Å². The Morgan fingerprint density at radius 2 is 2.08 bits per heavy atom. The van der Waals surface area contributed by atoms with E-state index in [1.54, 1.807) is 24.3 Å². The van der Waals surface area contributed by atoms with Gasteiger partial charge in [0.25, 0.3) is 17.3 Å². The number of hydrogen-bond donors (Lipinski definition) is 1. The van der Waals surface area contributed by atoms with Crippen LogP contribution < -0.4 is 14.2 Å². The van der Waals surface area contributed by atoms with Crippen LogP contribution >= 0.6 is 11.6 Å². The Morgan fingerprint density at radius 3 is 2.64 bits per heavy atom. The number of carboxylic acids is 1. The largest absolute Gasteiger partial charge is 0.616 e. The fourth-order valence-electron chi connectivity index (χ4n) is 2.27. The van der Waals surface area contributed by atoms with Gasteiger partial charge in [0.15, 0.2) is 0 Å². The number of rotatable bonds is 7. The van der Waals surface area contributed by atoms with Crippen molar-refractivity contribution in [2.75, 3.05) is 7.11 Å². The molecule has 0 aliphatic rings. The van der Waals surface area contributed by atoms with Gasteiger partial charge in [-0.1, -0.05) is 43.6 Å². The van der Waals surface area contributed by atoms with Crippen molar-refractivity contribution in [3.05, 3.63) is 51.4 Å². The monoisotopic (exact) mass is 366 g/mol. The summed E-state index contributed by atoms with van der Waals surface area (Å²) in [5.41, 5.74) is 0.412. The molecular formula is C17H19ClN2O5. The number of methoxy groups -OCH3 is 1. The molecule has 134 valence electrons. The Balaban J connectivity index is 2.46. The molecule has 2 aromatic rings. The molecule has 1 N–H and O–H groups in total. The van der Waals surface area contributed by atoms with Crippen LogP contribution in [-0.2, 0) is 13.0 Å². The van der Waals surface area contributed by atoms with Gasteiger partial charge in [-0.2, -0.15) is 4.98 Å². The number of carbonyl (C=O) groups is 1. The number of carboxylic acid groups (broad SMARTS) is 1. The SMILES string of the molecule is COc1c(C(=O)O)nc(OCc2ccccc2Cl)c(CC(C)C)[n+]1[O-]. The summed E-state index contributed by atoms with van der Waals surface area (Å²) in [5.74, 6) is -1.65. The molecule has 0 aliphatic carbocycles. The number of hydrogen-bond acceptors (Lipinski definition) is 5. The maximum absolute atomic E-state index is 12.5. The predicted molar refractivity (Wildman–Crippen MR) is 91.0 cm³/mol. The van der Waals surface area contributed by atoms with Crippen molar-refractivity contribution in [2.45, 2.75) is 26.9 Å². The minimum Gasteiger partial charge on any atom is -0.616 e. The minimum absolute atomic E-state index is 0.0400. The van der Waals surface area contributed by atoms with Crippen molar-refractivity contribution in [3.63, 3.8) is 0 Å². The predicted octanol–water partition coefficient (Wildman–Crippen LogP) is 2.85. The van der Waals surface area contributed by atoms with Gasteiger partial charge in [0.05, 0.1) is 7.11 Å². The van der Waals surface area contributed by atoms with Gasteiger partial charge in [-0.3, -0.25) is 0 Å². The molecule has 0 aliphatic heterocycles. The topological polar surface area (TPSA) is 95.6 Å². The zero-order valence-electron chi connectivity index (χ0n) is 14.2. The quantitative estimate of drug-likeness (QED) is 0.598. The summed E-state index contributed by atoms with van der Waals surface area (Å²) in [5, 5.41) is 22.3. The summed E-state index contributed by atoms with van der Waals surface area (Å²) in [6.45, 7) is 3.91. The molecule has 1 heterocycles. The van der Waals surface area contributed by atoms with Gasteiger partial charge in [-0.05, 0) is 12.0 Å². The number of aromatic nitrogens is 2. The maximum Gasteiger partial charge on any atom is 0.414 e. The first-order valence-corrected chi connectivity index (χ1v) is 8.02. The Hall–Kier alpha value is -2.54. The van der Waals surface area contributed by atoms with Gasteiger partial charge in [-0.25, -0.2) is 4.79 Å². The first kappa shape index (κ1) is 18.8. The third kappa shape index (κ3) is 4.30. The summed E-state index contributed by atoms with van der Waals surface area (Å²) in [7, 11) is 1.22. The third-order valence-corrected chi connectivity index (χ3v) is 3.78. The second-order valence-electron chi connectivity index (χ2n) is 5.80. The molecule has 7 nitrogen and oxygen atoms in total. The van der Waals surface area contributed by atoms with Gasteiger partial charge in [-0.15, -0.1) is 4.73 Å². The van der Waals surface area contributed by atoms with Gasteiger partial charge in [0.2, 0.25) is 0 Å². The summed E-state index contributed by atoms with van der Waals surface area (Å²) >= 11 is 6.09. The van der Waals surface area contributed by atoms with Crippen LogP contribution in [0.5, 0.6) is 11.8 Å². The van der Waals surface area contributed by atoms with Crippen LogP contribution in [0.1, 0.15) is 35.6 Å². The van der Waals surface area contributed by atoms with Gasteiger partial charge >= 0.3 is 11.8 Å². The van der Waals surface area contributed by atoms with Crippen LogP contribution in [0, 0.1) is 11.1 Å². The lowest BCUT2D eigenvalue weighted by atomic mass is 10.1. The molecule has 25 heavy (non-hydrogen) atoms. The van der Waals surface area contributed by atoms with E-state index < -0.39 is 11.7 Å². The van der Waals surface area contributed by atoms with Gasteiger partial charge in [0, 0.05) is 17.0 Å². The van der Waals surface area contributed by atoms with Crippen molar-refractivity contribution < 1.29 is 24.1 Å². The smallest absolute Gasteiger partial charge is 0.414 e. The fourth-order valence-corrected chi connectivity index (χ4v) is 2.46. The summed E-state index contributed by atoms with van der Waals surface area (Å²) in [6.07, 6.45) is 0.352. The summed E-state index contributed by atoms with van der Waals surface area (Å²) < 4.78 is 11.0. The summed E-state index contributed by atoms with van der Waals surface area (Å²) in [6, 6.07) is 7.08. The van der Waals surface area contributed by atoms with Gasteiger partial charge < -0.3 is 19.8 Å². The van der Waals surface area contributed by atoms with E-state index in [-0.39, 0.29) is 30.0 Å². The van der Waals surface area contributed by atoms with E-state index in [1.807, 2.05) is 13.8 Å². The lowest BCUT2D eigenvalue weighted by Gasteiger charge is -2.15. The highest BCUT2D eigenvalue weighted by atomic mass is 35.5. The molecule has 0 bridgehead atoms. The van der Waals surface area contributed by atoms with E-state index in [1.165, 1.54) is 7.11 Å². The third-order valence-electron chi connectivity index (χ3n) is 3.41. The zero-order chi connectivity index (χ0) is 18.6. The lowest BCUT2D eigenvalue weighted by Crippen LogP contribution is -2.38. The van der Waals surface area contributed by atoms with Crippen LogP contribution in [0.25, 0.3) is 0 Å². The standard InChI is InChI=1S/C17H19ClN2O5/c1-10(2)8-13-15(25-9-11-6-4-5-7-12(11)18)19-14(17(21)22)16(24-3)20(13)23/h4-7,10H,8-9H2,1-3H3,(H,21,22). The molecule has 0 fully saturated rings. The number of ether oxygens (including phenoxy) is 2. The molecule has 1 aromatic carbocycles. The molecule has 1 aromatic heterocycles. The number of halogens is 1. The minimum atomic E-state index is -1.37. The lowest BCUT2D eigenvalue weighted by molar-refractivity contribution is -0.622. The maximum atomic E-state index is 12.5. The summed E-state index contributed by atoms with van der Waals surface area (Å²) in [4.78, 5) is 15.4. The van der Waals surface area contributed by atoms with E-state index >= 15 is 0 Å². The van der Waals surface area contributed by atoms with E-state index in [2.05, 4.69) is 4.98 Å². The second-order valence-corrected chi connectivity index (χ2v) is 6.21. The number of nitrogens with zero attached hydrogens (tertiary/aromatic N) is 2. The molecular weight excluding hydrogens is 348 g/mol. The molecule has 0 saturated heterocycles. The first-order chi connectivity index (χ1) is 11.8. The van der Waals surface area contributed by atoms with E-state index in [4.69, 9.17) is 21.1 Å². The van der Waals surface area contributed by atoms with Crippen molar-refractivity contribution in [3.8, 4) is 11.8 Å². The van der Waals surface area contributed by atoms with Crippen molar-refractivity contribution in [2.24, 2.45) is 5.92 Å². The van der Waals surface area contributed by atoms with Crippen molar-refractivity contribution >= 4 is 17.6 Å².